The van der Waals surface area contributed by atoms with E-state index in [-0.39, 0.29) is 18.0 Å². The maximum atomic E-state index is 14.2. The van der Waals surface area contributed by atoms with Crippen LogP contribution in [0.25, 0.3) is 33.6 Å². The largest absolute Gasteiger partial charge is 0.494 e. The summed E-state index contributed by atoms with van der Waals surface area (Å²) in [6.07, 6.45) is 9.10. The lowest BCUT2D eigenvalue weighted by molar-refractivity contribution is 0.00505. The number of methoxy groups -OCH3 is 1. The first-order valence-corrected chi connectivity index (χ1v) is 21.3. The predicted molar refractivity (Wildman–Crippen MR) is 208 cm³/mol. The van der Waals surface area contributed by atoms with Crippen molar-refractivity contribution in [1.29, 1.82) is 0 Å². The van der Waals surface area contributed by atoms with E-state index < -0.39 is 15.6 Å². The molecule has 1 saturated heterocycles. The Morgan fingerprint density at radius 2 is 1.65 bits per heavy atom. The lowest BCUT2D eigenvalue weighted by Gasteiger charge is -2.40. The molecule has 1 aliphatic heterocycles. The highest BCUT2D eigenvalue weighted by Gasteiger charge is 2.37. The van der Waals surface area contributed by atoms with Gasteiger partial charge >= 0.3 is 6.09 Å². The zero-order valence-electron chi connectivity index (χ0n) is 32.4. The molecule has 0 N–H and O–H groups in total. The Bertz CT molecular complexity index is 2210. The average Bonchev–Trinajstić information content (AvgIpc) is 4.01. The summed E-state index contributed by atoms with van der Waals surface area (Å²) < 4.78 is 43.1. The van der Waals surface area contributed by atoms with Gasteiger partial charge in [0.25, 0.3) is 5.91 Å². The number of likely N-dealkylation sites (tertiary alicyclic amines) is 1. The van der Waals surface area contributed by atoms with Crippen LogP contribution in [-0.2, 0) is 28.4 Å². The highest BCUT2D eigenvalue weighted by molar-refractivity contribution is 7.92. The van der Waals surface area contributed by atoms with Crippen molar-refractivity contribution in [3.8, 4) is 17.3 Å². The van der Waals surface area contributed by atoms with Crippen LogP contribution >= 0.6 is 0 Å². The lowest BCUT2D eigenvalue weighted by atomic mass is 10.0. The smallest absolute Gasteiger partial charge is 0.410 e. The van der Waals surface area contributed by atoms with Gasteiger partial charge in [-0.1, -0.05) is 0 Å². The number of nitrogens with zero attached hydrogens (tertiary/aromatic N) is 7. The van der Waals surface area contributed by atoms with E-state index in [2.05, 4.69) is 10.6 Å². The number of benzene rings is 1. The molecule has 0 radical (unpaired) electrons. The third kappa shape index (κ3) is 7.63. The topological polar surface area (TPSA) is 132 Å². The van der Waals surface area contributed by atoms with Crippen molar-refractivity contribution in [3.05, 3.63) is 35.9 Å². The van der Waals surface area contributed by atoms with E-state index in [1.54, 1.807) is 19.2 Å². The monoisotopic (exact) mass is 759 g/mol. The fraction of sp³-hybridized carbons (Fsp3) is 0.600. The van der Waals surface area contributed by atoms with Crippen LogP contribution in [0.15, 0.2) is 30.3 Å². The average molecular weight is 760 g/mol. The number of pyridine rings is 1. The van der Waals surface area contributed by atoms with Crippen LogP contribution in [0.5, 0.6) is 5.75 Å². The van der Waals surface area contributed by atoms with E-state index in [9.17, 15) is 18.0 Å². The van der Waals surface area contributed by atoms with Gasteiger partial charge in [-0.05, 0) is 120 Å². The molecular weight excluding hydrogens is 707 g/mol. The number of imidazole rings is 1. The van der Waals surface area contributed by atoms with Crippen LogP contribution in [0.1, 0.15) is 82.5 Å². The molecule has 54 heavy (non-hydrogen) atoms. The molecule has 1 aromatic carbocycles. The number of sulfonamides is 1. The molecule has 4 aliphatic rings. The van der Waals surface area contributed by atoms with E-state index >= 15 is 0 Å². The molecule has 0 bridgehead atoms. The Labute approximate surface area is 317 Å². The number of carbonyl (C=O) groups is 2. The second kappa shape index (κ2) is 13.8. The van der Waals surface area contributed by atoms with Gasteiger partial charge in [-0.2, -0.15) is 0 Å². The van der Waals surface area contributed by atoms with Crippen molar-refractivity contribution in [2.45, 2.75) is 90.3 Å². The maximum Gasteiger partial charge on any atom is 0.410 e. The number of hydrogen-bond donors (Lipinski definition) is 0. The normalized spacial score (nSPS) is 19.4. The van der Waals surface area contributed by atoms with Gasteiger partial charge in [0, 0.05) is 50.7 Å². The predicted octanol–water partition coefficient (Wildman–Crippen LogP) is 6.44. The standard InChI is InChI=1S/C40H53N7O6S/c1-40(2,3)53-39(49)45(21-25-9-10-25)30-8-7-17-44(24-30)38(48)29-18-31-35(33(20-29)52-5)43(4)37(41-31)32-19-28-15-16-34(42-36(28)46(32)22-26-11-12-26)47(54(6,50)51)23-27-13-14-27/h15-16,18-20,25-27,30H,7-14,17,21-24H2,1-6H3/t30-/m1/s1. The van der Waals surface area contributed by atoms with E-state index in [0.717, 1.165) is 80.2 Å². The summed E-state index contributed by atoms with van der Waals surface area (Å²) in [6, 6.07) is 9.35. The Kier molecular flexibility index (Phi) is 9.33. The first-order chi connectivity index (χ1) is 25.7. The molecule has 13 nitrogen and oxygen atoms in total. The number of carbonyl (C=O) groups excluding carboxylic acids is 2. The van der Waals surface area contributed by atoms with Crippen LogP contribution in [0.4, 0.5) is 10.6 Å². The van der Waals surface area contributed by atoms with Gasteiger partial charge < -0.3 is 28.4 Å². The zero-order valence-corrected chi connectivity index (χ0v) is 33.2. The molecule has 0 spiro atoms. The molecule has 1 atom stereocenters. The molecular formula is C40H53N7O6S. The van der Waals surface area contributed by atoms with Crippen molar-refractivity contribution in [2.75, 3.05) is 43.8 Å². The number of fused-ring (bicyclic) bond motifs is 2. The minimum absolute atomic E-state index is 0.119. The van der Waals surface area contributed by atoms with Crippen LogP contribution in [-0.4, -0.2) is 101 Å². The van der Waals surface area contributed by atoms with E-state index in [1.165, 1.54) is 10.6 Å². The van der Waals surface area contributed by atoms with Crippen molar-refractivity contribution >= 4 is 49.9 Å². The molecule has 0 unspecified atom stereocenters. The number of aryl methyl sites for hydroxylation is 1. The fourth-order valence-electron chi connectivity index (χ4n) is 7.79. The van der Waals surface area contributed by atoms with Gasteiger partial charge in [-0.15, -0.1) is 0 Å². The molecule has 4 aromatic rings. The number of anilines is 1. The molecule has 4 fully saturated rings. The summed E-state index contributed by atoms with van der Waals surface area (Å²) in [5.74, 6) is 2.94. The summed E-state index contributed by atoms with van der Waals surface area (Å²) >= 11 is 0. The zero-order chi connectivity index (χ0) is 38.1. The Hall–Kier alpha value is -4.33. The summed E-state index contributed by atoms with van der Waals surface area (Å²) in [6.45, 7) is 8.53. The second-order valence-electron chi connectivity index (χ2n) is 17.1. The van der Waals surface area contributed by atoms with E-state index in [4.69, 9.17) is 19.4 Å². The molecule has 4 heterocycles. The minimum atomic E-state index is -3.51. The maximum absolute atomic E-state index is 14.2. The summed E-state index contributed by atoms with van der Waals surface area (Å²) in [4.78, 5) is 41.4. The molecule has 8 rings (SSSR count). The first kappa shape index (κ1) is 36.6. The lowest BCUT2D eigenvalue weighted by Crippen LogP contribution is -2.53. The number of hydrogen-bond acceptors (Lipinski definition) is 8. The Morgan fingerprint density at radius 3 is 2.30 bits per heavy atom. The fourth-order valence-corrected chi connectivity index (χ4v) is 8.71. The van der Waals surface area contributed by atoms with Gasteiger partial charge in [0.1, 0.15) is 28.3 Å². The molecule has 3 aromatic heterocycles. The third-order valence-corrected chi connectivity index (χ3v) is 12.3. The number of aromatic nitrogens is 4. The van der Waals surface area contributed by atoms with Gasteiger partial charge in [0.05, 0.1) is 30.6 Å². The van der Waals surface area contributed by atoms with Crippen molar-refractivity contribution in [3.63, 3.8) is 0 Å². The first-order valence-electron chi connectivity index (χ1n) is 19.5. The van der Waals surface area contributed by atoms with Crippen molar-refractivity contribution < 1.29 is 27.5 Å². The minimum Gasteiger partial charge on any atom is -0.494 e. The Morgan fingerprint density at radius 1 is 0.944 bits per heavy atom. The second-order valence-corrected chi connectivity index (χ2v) is 19.0. The highest BCUT2D eigenvalue weighted by Crippen LogP contribution is 2.39. The van der Waals surface area contributed by atoms with Crippen LogP contribution in [0.2, 0.25) is 0 Å². The third-order valence-electron chi connectivity index (χ3n) is 11.2. The van der Waals surface area contributed by atoms with Crippen LogP contribution in [0.3, 0.4) is 0 Å². The molecule has 3 saturated carbocycles. The van der Waals surface area contributed by atoms with E-state index in [0.29, 0.717) is 72.4 Å². The van der Waals surface area contributed by atoms with Crippen molar-refractivity contribution in [2.24, 2.45) is 24.8 Å². The Balaban J connectivity index is 1.12. The molecule has 2 amide bonds. The number of amides is 2. The molecule has 14 heteroatoms. The van der Waals surface area contributed by atoms with Gasteiger partial charge in [0.2, 0.25) is 10.0 Å². The highest BCUT2D eigenvalue weighted by atomic mass is 32.2. The number of rotatable bonds is 12. The summed E-state index contributed by atoms with van der Waals surface area (Å²) in [5.41, 5.74) is 2.90. The van der Waals surface area contributed by atoms with E-state index in [1.807, 2.05) is 54.3 Å². The van der Waals surface area contributed by atoms with Crippen LogP contribution in [0, 0.1) is 17.8 Å². The number of piperidine rings is 1. The van der Waals surface area contributed by atoms with Crippen molar-refractivity contribution in [1.82, 2.24) is 28.9 Å². The molecule has 290 valence electrons. The summed E-state index contributed by atoms with van der Waals surface area (Å²) in [5, 5.41) is 0.908. The molecule has 3 aliphatic carbocycles. The van der Waals surface area contributed by atoms with Gasteiger partial charge in [-0.25, -0.2) is 23.2 Å². The summed E-state index contributed by atoms with van der Waals surface area (Å²) in [7, 11) is 0.0524. The van der Waals surface area contributed by atoms with Crippen LogP contribution < -0.4 is 9.04 Å². The van der Waals surface area contributed by atoms with Gasteiger partial charge in [0.15, 0.2) is 5.82 Å². The SMILES string of the molecule is COc1cc(C(=O)N2CCC[C@@H](N(CC3CC3)C(=O)OC(C)(C)C)C2)cc2nc(-c3cc4ccc(N(CC5CC5)S(C)(=O)=O)nc4n3CC3CC3)n(C)c12. The van der Waals surface area contributed by atoms with Gasteiger partial charge in [-0.3, -0.25) is 9.10 Å². The quantitative estimate of drug-likeness (QED) is 0.161. The number of ether oxygens (including phenoxy) is 2.